The highest BCUT2D eigenvalue weighted by molar-refractivity contribution is 6.30. The lowest BCUT2D eigenvalue weighted by molar-refractivity contribution is -0.121. The first-order chi connectivity index (χ1) is 14.5. The van der Waals surface area contributed by atoms with E-state index in [0.29, 0.717) is 23.7 Å². The third-order valence-corrected chi connectivity index (χ3v) is 6.35. The number of hydrogen-bond acceptors (Lipinski definition) is 3. The molecule has 2 unspecified atom stereocenters. The molecule has 2 aromatic rings. The molecule has 2 aromatic carbocycles. The minimum absolute atomic E-state index is 0.0221. The van der Waals surface area contributed by atoms with Gasteiger partial charge in [-0.1, -0.05) is 18.5 Å². The second-order valence-corrected chi connectivity index (χ2v) is 8.91. The van der Waals surface area contributed by atoms with Crippen LogP contribution < -0.4 is 10.2 Å². The van der Waals surface area contributed by atoms with Gasteiger partial charge in [0.15, 0.2) is 0 Å². The standard InChI is InChI=1S/C24H28ClN3O2/c1-17-12-14-27(15-17)22-10-8-21(9-11-22)26-23(29)19-3-2-13-28(16-19)24(30)18-4-6-20(25)7-5-18/h4-11,17,19H,2-3,12-16H2,1H3,(H,26,29). The van der Waals surface area contributed by atoms with E-state index in [0.717, 1.165) is 37.5 Å². The quantitative estimate of drug-likeness (QED) is 0.773. The molecule has 0 aliphatic carbocycles. The molecule has 2 atom stereocenters. The number of rotatable bonds is 4. The van der Waals surface area contributed by atoms with Gasteiger partial charge in [-0.25, -0.2) is 0 Å². The van der Waals surface area contributed by atoms with Crippen molar-refractivity contribution in [2.75, 3.05) is 36.4 Å². The molecule has 2 heterocycles. The van der Waals surface area contributed by atoms with Crippen LogP contribution in [0.25, 0.3) is 0 Å². The van der Waals surface area contributed by atoms with Gasteiger partial charge in [-0.05, 0) is 73.7 Å². The minimum Gasteiger partial charge on any atom is -0.371 e. The molecule has 2 aliphatic heterocycles. The van der Waals surface area contributed by atoms with Crippen LogP contribution in [-0.2, 0) is 4.79 Å². The number of carbonyl (C=O) groups excluding carboxylic acids is 2. The normalized spacial score (nSPS) is 21.5. The van der Waals surface area contributed by atoms with Gasteiger partial charge in [-0.3, -0.25) is 9.59 Å². The zero-order chi connectivity index (χ0) is 21.1. The summed E-state index contributed by atoms with van der Waals surface area (Å²) < 4.78 is 0. The molecule has 6 heteroatoms. The van der Waals surface area contributed by atoms with Crippen LogP contribution in [0.1, 0.15) is 36.5 Å². The third-order valence-electron chi connectivity index (χ3n) is 6.09. The molecule has 0 radical (unpaired) electrons. The molecule has 2 amide bonds. The zero-order valence-electron chi connectivity index (χ0n) is 17.3. The van der Waals surface area contributed by atoms with E-state index >= 15 is 0 Å². The van der Waals surface area contributed by atoms with Gasteiger partial charge in [0, 0.05) is 48.1 Å². The first kappa shape index (κ1) is 20.7. The van der Waals surface area contributed by atoms with Crippen molar-refractivity contribution in [2.24, 2.45) is 11.8 Å². The van der Waals surface area contributed by atoms with Crippen LogP contribution >= 0.6 is 11.6 Å². The Labute approximate surface area is 183 Å². The molecular formula is C24H28ClN3O2. The van der Waals surface area contributed by atoms with Crippen molar-refractivity contribution in [1.82, 2.24) is 4.90 Å². The molecule has 2 saturated heterocycles. The van der Waals surface area contributed by atoms with Gasteiger partial charge in [0.25, 0.3) is 5.91 Å². The molecule has 0 aromatic heterocycles. The van der Waals surface area contributed by atoms with Crippen LogP contribution in [0.5, 0.6) is 0 Å². The number of amides is 2. The summed E-state index contributed by atoms with van der Waals surface area (Å²) in [5.41, 5.74) is 2.61. The van der Waals surface area contributed by atoms with Crippen LogP contribution in [-0.4, -0.2) is 42.9 Å². The monoisotopic (exact) mass is 425 g/mol. The lowest BCUT2D eigenvalue weighted by Crippen LogP contribution is -2.43. The number of nitrogens with one attached hydrogen (secondary N) is 1. The number of hydrogen-bond donors (Lipinski definition) is 1. The Hall–Kier alpha value is -2.53. The Morgan fingerprint density at radius 2 is 1.70 bits per heavy atom. The average Bonchev–Trinajstić information content (AvgIpc) is 3.20. The maximum absolute atomic E-state index is 12.8. The number of anilines is 2. The maximum Gasteiger partial charge on any atom is 0.253 e. The van der Waals surface area contributed by atoms with Crippen molar-refractivity contribution in [1.29, 1.82) is 0 Å². The van der Waals surface area contributed by atoms with Gasteiger partial charge in [-0.2, -0.15) is 0 Å². The SMILES string of the molecule is CC1CCN(c2ccc(NC(=O)C3CCCN(C(=O)c4ccc(Cl)cc4)C3)cc2)C1. The first-order valence-electron chi connectivity index (χ1n) is 10.7. The van der Waals surface area contributed by atoms with Crippen molar-refractivity contribution >= 4 is 34.8 Å². The van der Waals surface area contributed by atoms with Crippen LogP contribution in [0.2, 0.25) is 5.02 Å². The summed E-state index contributed by atoms with van der Waals surface area (Å²) in [7, 11) is 0. The zero-order valence-corrected chi connectivity index (χ0v) is 18.1. The third kappa shape index (κ3) is 4.78. The minimum atomic E-state index is -0.200. The van der Waals surface area contributed by atoms with Crippen molar-refractivity contribution < 1.29 is 9.59 Å². The Kier molecular flexibility index (Phi) is 6.28. The van der Waals surface area contributed by atoms with Crippen molar-refractivity contribution in [3.05, 3.63) is 59.1 Å². The average molecular weight is 426 g/mol. The fourth-order valence-corrected chi connectivity index (χ4v) is 4.45. The van der Waals surface area contributed by atoms with Gasteiger partial charge in [0.05, 0.1) is 5.92 Å². The molecule has 30 heavy (non-hydrogen) atoms. The Bertz CT molecular complexity index is 898. The number of piperidine rings is 1. The van der Waals surface area contributed by atoms with E-state index in [9.17, 15) is 9.59 Å². The lowest BCUT2D eigenvalue weighted by Gasteiger charge is -2.32. The summed E-state index contributed by atoms with van der Waals surface area (Å²) in [5.74, 6) is 0.461. The molecule has 0 saturated carbocycles. The van der Waals surface area contributed by atoms with E-state index < -0.39 is 0 Å². The number of halogens is 1. The number of benzene rings is 2. The lowest BCUT2D eigenvalue weighted by atomic mass is 9.96. The van der Waals surface area contributed by atoms with E-state index in [-0.39, 0.29) is 17.7 Å². The van der Waals surface area contributed by atoms with E-state index in [1.54, 1.807) is 29.2 Å². The summed E-state index contributed by atoms with van der Waals surface area (Å²) in [5, 5.41) is 3.64. The molecule has 1 N–H and O–H groups in total. The van der Waals surface area contributed by atoms with Crippen molar-refractivity contribution in [3.8, 4) is 0 Å². The molecular weight excluding hydrogens is 398 g/mol. The first-order valence-corrected chi connectivity index (χ1v) is 11.1. The number of nitrogens with zero attached hydrogens (tertiary/aromatic N) is 2. The van der Waals surface area contributed by atoms with Gasteiger partial charge < -0.3 is 15.1 Å². The fraction of sp³-hybridized carbons (Fsp3) is 0.417. The molecule has 2 fully saturated rings. The summed E-state index contributed by atoms with van der Waals surface area (Å²) in [6, 6.07) is 15.0. The van der Waals surface area contributed by atoms with Crippen LogP contribution in [0.3, 0.4) is 0 Å². The molecule has 158 valence electrons. The Balaban J connectivity index is 1.35. The van der Waals surface area contributed by atoms with Crippen LogP contribution in [0, 0.1) is 11.8 Å². The highest BCUT2D eigenvalue weighted by atomic mass is 35.5. The summed E-state index contributed by atoms with van der Waals surface area (Å²) in [6.45, 7) is 5.57. The molecule has 0 spiro atoms. The van der Waals surface area contributed by atoms with E-state index in [4.69, 9.17) is 11.6 Å². The smallest absolute Gasteiger partial charge is 0.253 e. The second kappa shape index (κ2) is 9.09. The fourth-order valence-electron chi connectivity index (χ4n) is 4.32. The molecule has 5 nitrogen and oxygen atoms in total. The van der Waals surface area contributed by atoms with E-state index in [1.807, 2.05) is 12.1 Å². The Morgan fingerprint density at radius 1 is 0.967 bits per heavy atom. The summed E-state index contributed by atoms with van der Waals surface area (Å²) in [6.07, 6.45) is 2.84. The van der Waals surface area contributed by atoms with Crippen molar-refractivity contribution in [3.63, 3.8) is 0 Å². The largest absolute Gasteiger partial charge is 0.371 e. The summed E-state index contributed by atoms with van der Waals surface area (Å²) in [4.78, 5) is 29.8. The highest BCUT2D eigenvalue weighted by Crippen LogP contribution is 2.26. The molecule has 2 aliphatic rings. The van der Waals surface area contributed by atoms with Gasteiger partial charge >= 0.3 is 0 Å². The molecule has 4 rings (SSSR count). The van der Waals surface area contributed by atoms with Gasteiger partial charge in [0.1, 0.15) is 0 Å². The number of likely N-dealkylation sites (tertiary alicyclic amines) is 1. The predicted molar refractivity (Wildman–Crippen MR) is 121 cm³/mol. The maximum atomic E-state index is 12.8. The summed E-state index contributed by atoms with van der Waals surface area (Å²) >= 11 is 5.92. The molecule has 0 bridgehead atoms. The number of carbonyl (C=O) groups is 2. The Morgan fingerprint density at radius 3 is 2.37 bits per heavy atom. The van der Waals surface area contributed by atoms with E-state index in [1.165, 1.54) is 12.1 Å². The van der Waals surface area contributed by atoms with Crippen LogP contribution in [0.15, 0.2) is 48.5 Å². The van der Waals surface area contributed by atoms with Crippen LogP contribution in [0.4, 0.5) is 11.4 Å². The van der Waals surface area contributed by atoms with E-state index in [2.05, 4.69) is 29.3 Å². The van der Waals surface area contributed by atoms with Gasteiger partial charge in [0.2, 0.25) is 5.91 Å². The van der Waals surface area contributed by atoms with Crippen molar-refractivity contribution in [2.45, 2.75) is 26.2 Å². The highest BCUT2D eigenvalue weighted by Gasteiger charge is 2.29. The second-order valence-electron chi connectivity index (χ2n) is 8.47. The van der Waals surface area contributed by atoms with Gasteiger partial charge in [-0.15, -0.1) is 0 Å². The predicted octanol–water partition coefficient (Wildman–Crippen LogP) is 4.68. The topological polar surface area (TPSA) is 52.7 Å².